The lowest BCUT2D eigenvalue weighted by molar-refractivity contribution is -0.119. The number of sulfonamides is 1. The Labute approximate surface area is 185 Å². The van der Waals surface area contributed by atoms with Gasteiger partial charge in [0.2, 0.25) is 10.0 Å². The van der Waals surface area contributed by atoms with Gasteiger partial charge < -0.3 is 5.32 Å². The van der Waals surface area contributed by atoms with Crippen LogP contribution in [0.15, 0.2) is 88.2 Å². The molecule has 0 amide bonds. The summed E-state index contributed by atoms with van der Waals surface area (Å²) in [5.41, 5.74) is 2.82. The summed E-state index contributed by atoms with van der Waals surface area (Å²) in [6, 6.07) is 23.7. The number of carbonyl (C=O) groups is 1. The van der Waals surface area contributed by atoms with Crippen LogP contribution in [-0.2, 0) is 21.2 Å². The van der Waals surface area contributed by atoms with Crippen LogP contribution in [0.5, 0.6) is 0 Å². The van der Waals surface area contributed by atoms with Gasteiger partial charge in [-0.05, 0) is 53.9 Å². The van der Waals surface area contributed by atoms with E-state index < -0.39 is 10.0 Å². The molecule has 0 spiro atoms. The number of nitrogens with one attached hydrogen (secondary N) is 1. The first kappa shape index (κ1) is 22.2. The largest absolute Gasteiger partial charge is 0.378 e. The lowest BCUT2D eigenvalue weighted by atomic mass is 9.98. The average Bonchev–Trinajstić information content (AvgIpc) is 2.73. The van der Waals surface area contributed by atoms with Crippen molar-refractivity contribution in [3.05, 3.63) is 94.5 Å². The molecule has 30 heavy (non-hydrogen) atoms. The maximum Gasteiger partial charge on any atom is 0.238 e. The highest BCUT2D eigenvalue weighted by atomic mass is 79.9. The van der Waals surface area contributed by atoms with Gasteiger partial charge in [-0.15, -0.1) is 0 Å². The summed E-state index contributed by atoms with van der Waals surface area (Å²) in [5.74, 6) is 0.153. The Bertz CT molecular complexity index is 1080. The lowest BCUT2D eigenvalue weighted by Crippen LogP contribution is -2.16. The Balaban J connectivity index is 1.73. The summed E-state index contributed by atoms with van der Waals surface area (Å²) in [7, 11) is -3.74. The summed E-state index contributed by atoms with van der Waals surface area (Å²) >= 11 is 3.43. The molecule has 3 rings (SSSR count). The minimum absolute atomic E-state index is 0.0483. The van der Waals surface area contributed by atoms with Crippen molar-refractivity contribution in [2.24, 2.45) is 5.14 Å². The molecule has 0 heterocycles. The third-order valence-electron chi connectivity index (χ3n) is 4.76. The van der Waals surface area contributed by atoms with Gasteiger partial charge in [0.1, 0.15) is 5.78 Å². The number of benzene rings is 3. The van der Waals surface area contributed by atoms with E-state index in [2.05, 4.69) is 21.2 Å². The molecule has 1 atom stereocenters. The van der Waals surface area contributed by atoms with E-state index in [-0.39, 0.29) is 16.7 Å². The van der Waals surface area contributed by atoms with Crippen LogP contribution in [0.2, 0.25) is 0 Å². The zero-order valence-corrected chi connectivity index (χ0v) is 18.7. The zero-order chi connectivity index (χ0) is 21.6. The van der Waals surface area contributed by atoms with E-state index in [1.165, 1.54) is 12.1 Å². The molecule has 0 aromatic heterocycles. The summed E-state index contributed by atoms with van der Waals surface area (Å²) in [6.45, 7) is 0. The number of halogens is 1. The molecule has 3 aromatic carbocycles. The highest BCUT2D eigenvalue weighted by Gasteiger charge is 2.17. The van der Waals surface area contributed by atoms with Crippen LogP contribution < -0.4 is 10.5 Å². The summed E-state index contributed by atoms with van der Waals surface area (Å²) in [5, 5.41) is 8.51. The van der Waals surface area contributed by atoms with E-state index in [9.17, 15) is 13.2 Å². The molecule has 3 aromatic rings. The van der Waals surface area contributed by atoms with E-state index in [1.807, 2.05) is 54.6 Å². The van der Waals surface area contributed by atoms with E-state index in [0.29, 0.717) is 24.9 Å². The standard InChI is InChI=1S/C23H23BrN2O3S/c24-19-9-7-18(8-10-19)23(16-21(27)13-6-17-4-2-1-3-5-17)26-20-11-14-22(15-12-20)30(25,28)29/h1-5,7-12,14-15,23,26H,6,13,16H2,(H2,25,28,29). The molecule has 0 radical (unpaired) electrons. The highest BCUT2D eigenvalue weighted by Crippen LogP contribution is 2.26. The van der Waals surface area contributed by atoms with Gasteiger partial charge in [0, 0.05) is 23.0 Å². The second-order valence-electron chi connectivity index (χ2n) is 7.05. The van der Waals surface area contributed by atoms with Crippen molar-refractivity contribution >= 4 is 37.4 Å². The number of Topliss-reactive ketones (excluding diaryl/α,β-unsaturated/α-hetero) is 1. The van der Waals surface area contributed by atoms with Crippen LogP contribution in [0.4, 0.5) is 5.69 Å². The number of anilines is 1. The third kappa shape index (κ3) is 6.52. The van der Waals surface area contributed by atoms with Crippen LogP contribution in [0, 0.1) is 0 Å². The quantitative estimate of drug-likeness (QED) is 0.452. The first-order chi connectivity index (χ1) is 14.3. The molecule has 156 valence electrons. The molecule has 0 bridgehead atoms. The Hall–Kier alpha value is -2.48. The molecular formula is C23H23BrN2O3S. The Kier molecular flexibility index (Phi) is 7.42. The molecular weight excluding hydrogens is 464 g/mol. The fourth-order valence-corrected chi connectivity index (χ4v) is 3.93. The van der Waals surface area contributed by atoms with E-state index >= 15 is 0 Å². The lowest BCUT2D eigenvalue weighted by Gasteiger charge is -2.20. The molecule has 0 aliphatic rings. The summed E-state index contributed by atoms with van der Waals surface area (Å²) < 4.78 is 23.9. The number of hydrogen-bond donors (Lipinski definition) is 2. The zero-order valence-electron chi connectivity index (χ0n) is 16.3. The molecule has 0 saturated heterocycles. The van der Waals surface area contributed by atoms with E-state index in [1.54, 1.807) is 12.1 Å². The van der Waals surface area contributed by atoms with Crippen LogP contribution >= 0.6 is 15.9 Å². The Morgan fingerprint density at radius 3 is 2.17 bits per heavy atom. The first-order valence-corrected chi connectivity index (χ1v) is 11.9. The molecule has 0 aliphatic heterocycles. The predicted octanol–water partition coefficient (Wildman–Crippen LogP) is 4.84. The molecule has 3 N–H and O–H groups in total. The van der Waals surface area contributed by atoms with Gasteiger partial charge in [-0.1, -0.05) is 58.4 Å². The highest BCUT2D eigenvalue weighted by molar-refractivity contribution is 9.10. The van der Waals surface area contributed by atoms with Gasteiger partial charge in [-0.3, -0.25) is 4.79 Å². The van der Waals surface area contributed by atoms with Crippen molar-refractivity contribution in [1.82, 2.24) is 0 Å². The fraction of sp³-hybridized carbons (Fsp3) is 0.174. The number of primary sulfonamides is 1. The number of carbonyl (C=O) groups excluding carboxylic acids is 1. The normalized spacial score (nSPS) is 12.3. The van der Waals surface area contributed by atoms with Crippen molar-refractivity contribution in [3.8, 4) is 0 Å². The maximum atomic E-state index is 12.7. The fourth-order valence-electron chi connectivity index (χ4n) is 3.15. The van der Waals surface area contributed by atoms with Gasteiger partial charge in [0.15, 0.2) is 0 Å². The molecule has 0 aliphatic carbocycles. The van der Waals surface area contributed by atoms with Gasteiger partial charge in [-0.25, -0.2) is 13.6 Å². The second kappa shape index (κ2) is 10.0. The predicted molar refractivity (Wildman–Crippen MR) is 123 cm³/mol. The molecule has 0 fully saturated rings. The second-order valence-corrected chi connectivity index (χ2v) is 9.52. The summed E-state index contributed by atoms with van der Waals surface area (Å²) in [4.78, 5) is 12.7. The van der Waals surface area contributed by atoms with Gasteiger partial charge in [-0.2, -0.15) is 0 Å². The smallest absolute Gasteiger partial charge is 0.238 e. The monoisotopic (exact) mass is 486 g/mol. The van der Waals surface area contributed by atoms with Crippen molar-refractivity contribution < 1.29 is 13.2 Å². The molecule has 7 heteroatoms. The maximum absolute atomic E-state index is 12.7. The summed E-state index contributed by atoms with van der Waals surface area (Å²) in [6.07, 6.45) is 1.49. The van der Waals surface area contributed by atoms with Gasteiger partial charge in [0.05, 0.1) is 10.9 Å². The number of hydrogen-bond acceptors (Lipinski definition) is 4. The minimum atomic E-state index is -3.74. The number of aryl methyl sites for hydroxylation is 1. The van der Waals surface area contributed by atoms with Gasteiger partial charge >= 0.3 is 0 Å². The van der Waals surface area contributed by atoms with Crippen molar-refractivity contribution in [1.29, 1.82) is 0 Å². The number of ketones is 1. The van der Waals surface area contributed by atoms with Crippen LogP contribution in [0.3, 0.4) is 0 Å². The molecule has 5 nitrogen and oxygen atoms in total. The van der Waals surface area contributed by atoms with Gasteiger partial charge in [0.25, 0.3) is 0 Å². The number of rotatable bonds is 9. The molecule has 1 unspecified atom stereocenters. The molecule has 0 saturated carbocycles. The van der Waals surface area contributed by atoms with Crippen molar-refractivity contribution in [3.63, 3.8) is 0 Å². The topological polar surface area (TPSA) is 89.3 Å². The minimum Gasteiger partial charge on any atom is -0.378 e. The SMILES string of the molecule is NS(=O)(=O)c1ccc(NC(CC(=O)CCc2ccccc2)c2ccc(Br)cc2)cc1. The van der Waals surface area contributed by atoms with E-state index in [0.717, 1.165) is 15.6 Å². The van der Waals surface area contributed by atoms with Crippen LogP contribution in [0.1, 0.15) is 30.0 Å². The first-order valence-electron chi connectivity index (χ1n) is 9.52. The van der Waals surface area contributed by atoms with Crippen LogP contribution in [-0.4, -0.2) is 14.2 Å². The number of nitrogens with two attached hydrogens (primary N) is 1. The van der Waals surface area contributed by atoms with Crippen LogP contribution in [0.25, 0.3) is 0 Å². The average molecular weight is 487 g/mol. The Morgan fingerprint density at radius 2 is 1.57 bits per heavy atom. The van der Waals surface area contributed by atoms with Crippen molar-refractivity contribution in [2.45, 2.75) is 30.2 Å². The Morgan fingerprint density at radius 1 is 0.933 bits per heavy atom. The van der Waals surface area contributed by atoms with E-state index in [4.69, 9.17) is 5.14 Å². The van der Waals surface area contributed by atoms with Crippen molar-refractivity contribution in [2.75, 3.05) is 5.32 Å². The third-order valence-corrected chi connectivity index (χ3v) is 6.22.